The molecule has 2 heteroatoms. The number of anilines is 1. The maximum atomic E-state index is 4.14. The molecule has 1 saturated heterocycles. The zero-order chi connectivity index (χ0) is 8.73. The average molecular weight is 174 g/mol. The zero-order valence-corrected chi connectivity index (χ0v) is 7.74. The lowest BCUT2D eigenvalue weighted by Crippen LogP contribution is -2.59. The number of nitrogens with zero attached hydrogens (tertiary/aromatic N) is 2. The molecule has 0 N–H and O–H groups in total. The van der Waals surface area contributed by atoms with Crippen LogP contribution in [-0.2, 0) is 0 Å². The Kier molecular flexibility index (Phi) is 1.40. The maximum absolute atomic E-state index is 4.14. The minimum absolute atomic E-state index is 0.718. The molecule has 1 aromatic rings. The topological polar surface area (TPSA) is 16.1 Å². The molecular formula is C11H14N2. The zero-order valence-electron chi connectivity index (χ0n) is 7.74. The normalized spacial score (nSPS) is 23.8. The molecule has 2 heterocycles. The van der Waals surface area contributed by atoms with E-state index in [9.17, 15) is 0 Å². The van der Waals surface area contributed by atoms with Gasteiger partial charge in [-0.25, -0.2) is 0 Å². The highest BCUT2D eigenvalue weighted by molar-refractivity contribution is 5.48. The Labute approximate surface area is 78.6 Å². The first kappa shape index (κ1) is 7.36. The van der Waals surface area contributed by atoms with E-state index in [-0.39, 0.29) is 0 Å². The van der Waals surface area contributed by atoms with Crippen molar-refractivity contribution in [3.05, 3.63) is 24.5 Å². The quantitative estimate of drug-likeness (QED) is 0.648. The summed E-state index contributed by atoms with van der Waals surface area (Å²) in [6, 6.07) is 4.17. The molecule has 13 heavy (non-hydrogen) atoms. The molecule has 2 aliphatic rings. The first-order chi connectivity index (χ1) is 6.38. The fourth-order valence-electron chi connectivity index (χ4n) is 2.48. The number of pyridine rings is 1. The Hall–Kier alpha value is -1.05. The number of hydrogen-bond acceptors (Lipinski definition) is 2. The summed E-state index contributed by atoms with van der Waals surface area (Å²) in [5, 5.41) is 0. The lowest BCUT2D eigenvalue weighted by atomic mass is 9.63. The molecule has 0 atom stereocenters. The van der Waals surface area contributed by atoms with Gasteiger partial charge in [0.15, 0.2) is 0 Å². The van der Waals surface area contributed by atoms with Gasteiger partial charge < -0.3 is 4.90 Å². The second-order valence-electron chi connectivity index (χ2n) is 4.42. The third-order valence-electron chi connectivity index (χ3n) is 3.48. The van der Waals surface area contributed by atoms with Gasteiger partial charge in [0.25, 0.3) is 0 Å². The van der Waals surface area contributed by atoms with Crippen molar-refractivity contribution < 1.29 is 0 Å². The van der Waals surface area contributed by atoms with Crippen molar-refractivity contribution in [2.45, 2.75) is 19.3 Å². The fraction of sp³-hybridized carbons (Fsp3) is 0.545. The van der Waals surface area contributed by atoms with Crippen LogP contribution < -0.4 is 4.90 Å². The average Bonchev–Trinajstić information content (AvgIpc) is 2.01. The summed E-state index contributed by atoms with van der Waals surface area (Å²) in [5.74, 6) is 0. The van der Waals surface area contributed by atoms with E-state index in [0.29, 0.717) is 0 Å². The summed E-state index contributed by atoms with van der Waals surface area (Å²) in [4.78, 5) is 6.57. The van der Waals surface area contributed by atoms with Crippen molar-refractivity contribution in [2.75, 3.05) is 18.0 Å². The third kappa shape index (κ3) is 1.05. The molecule has 0 radical (unpaired) electrons. The molecule has 1 aromatic heterocycles. The molecule has 0 unspecified atom stereocenters. The van der Waals surface area contributed by atoms with Crippen LogP contribution >= 0.6 is 0 Å². The van der Waals surface area contributed by atoms with Gasteiger partial charge in [-0.15, -0.1) is 0 Å². The van der Waals surface area contributed by atoms with E-state index in [1.807, 2.05) is 18.5 Å². The molecule has 1 aliphatic carbocycles. The van der Waals surface area contributed by atoms with Gasteiger partial charge in [0.1, 0.15) is 0 Å². The second-order valence-corrected chi connectivity index (χ2v) is 4.42. The van der Waals surface area contributed by atoms with Crippen LogP contribution in [-0.4, -0.2) is 18.1 Å². The minimum atomic E-state index is 0.718. The standard InChI is InChI=1S/C11H14N2/c1-3-10(7-12-6-1)13-8-11(9-13)4-2-5-11/h1,3,6-7H,2,4-5,8-9H2. The highest BCUT2D eigenvalue weighted by atomic mass is 15.2. The van der Waals surface area contributed by atoms with Gasteiger partial charge in [-0.1, -0.05) is 6.42 Å². The van der Waals surface area contributed by atoms with E-state index in [2.05, 4.69) is 16.0 Å². The summed E-state index contributed by atoms with van der Waals surface area (Å²) in [6.45, 7) is 2.53. The Balaban J connectivity index is 1.71. The highest BCUT2D eigenvalue weighted by Gasteiger charge is 2.47. The predicted molar refractivity (Wildman–Crippen MR) is 52.7 cm³/mol. The van der Waals surface area contributed by atoms with Crippen LogP contribution in [0.2, 0.25) is 0 Å². The molecule has 1 spiro atoms. The van der Waals surface area contributed by atoms with Crippen LogP contribution in [0.1, 0.15) is 19.3 Å². The van der Waals surface area contributed by atoms with Crippen LogP contribution in [0, 0.1) is 5.41 Å². The van der Waals surface area contributed by atoms with Crippen molar-refractivity contribution in [1.29, 1.82) is 0 Å². The van der Waals surface area contributed by atoms with E-state index in [4.69, 9.17) is 0 Å². The number of hydrogen-bond donors (Lipinski definition) is 0. The van der Waals surface area contributed by atoms with Crippen molar-refractivity contribution in [2.24, 2.45) is 5.41 Å². The third-order valence-corrected chi connectivity index (χ3v) is 3.48. The van der Waals surface area contributed by atoms with E-state index < -0.39 is 0 Å². The van der Waals surface area contributed by atoms with Crippen LogP contribution in [0.15, 0.2) is 24.5 Å². The highest BCUT2D eigenvalue weighted by Crippen LogP contribution is 2.49. The lowest BCUT2D eigenvalue weighted by molar-refractivity contribution is 0.0903. The monoisotopic (exact) mass is 174 g/mol. The summed E-state index contributed by atoms with van der Waals surface area (Å²) in [6.07, 6.45) is 8.14. The molecule has 2 nitrogen and oxygen atoms in total. The second kappa shape index (κ2) is 2.47. The minimum Gasteiger partial charge on any atom is -0.369 e. The molecule has 1 aliphatic heterocycles. The molecule has 0 aromatic carbocycles. The summed E-state index contributed by atoms with van der Waals surface area (Å²) in [5.41, 5.74) is 2.01. The van der Waals surface area contributed by atoms with Gasteiger partial charge in [-0.3, -0.25) is 4.98 Å². The van der Waals surface area contributed by atoms with Gasteiger partial charge >= 0.3 is 0 Å². The molecule has 1 saturated carbocycles. The predicted octanol–water partition coefficient (Wildman–Crippen LogP) is 2.07. The molecule has 2 fully saturated rings. The molecule has 0 bridgehead atoms. The van der Waals surface area contributed by atoms with Crippen molar-refractivity contribution in [1.82, 2.24) is 4.98 Å². The SMILES string of the molecule is c1cncc(N2CC3(CCC3)C2)c1. The first-order valence-corrected chi connectivity index (χ1v) is 5.03. The Morgan fingerprint density at radius 2 is 2.15 bits per heavy atom. The van der Waals surface area contributed by atoms with Crippen LogP contribution in [0.25, 0.3) is 0 Å². The van der Waals surface area contributed by atoms with E-state index in [1.165, 1.54) is 38.0 Å². The number of rotatable bonds is 1. The molecule has 68 valence electrons. The van der Waals surface area contributed by atoms with Gasteiger partial charge in [-0.2, -0.15) is 0 Å². The van der Waals surface area contributed by atoms with E-state index in [1.54, 1.807) is 0 Å². The van der Waals surface area contributed by atoms with Crippen molar-refractivity contribution in [3.8, 4) is 0 Å². The first-order valence-electron chi connectivity index (χ1n) is 5.03. The Bertz CT molecular complexity index is 295. The molecular weight excluding hydrogens is 160 g/mol. The summed E-state index contributed by atoms with van der Waals surface area (Å²) in [7, 11) is 0. The van der Waals surface area contributed by atoms with E-state index in [0.717, 1.165) is 5.41 Å². The maximum Gasteiger partial charge on any atom is 0.0553 e. The van der Waals surface area contributed by atoms with Crippen LogP contribution in [0.4, 0.5) is 5.69 Å². The summed E-state index contributed by atoms with van der Waals surface area (Å²) >= 11 is 0. The van der Waals surface area contributed by atoms with Crippen molar-refractivity contribution in [3.63, 3.8) is 0 Å². The van der Waals surface area contributed by atoms with Gasteiger partial charge in [0, 0.05) is 24.7 Å². The van der Waals surface area contributed by atoms with E-state index >= 15 is 0 Å². The smallest absolute Gasteiger partial charge is 0.0553 e. The lowest BCUT2D eigenvalue weighted by Gasteiger charge is -2.56. The van der Waals surface area contributed by atoms with Crippen LogP contribution in [0.5, 0.6) is 0 Å². The van der Waals surface area contributed by atoms with Crippen LogP contribution in [0.3, 0.4) is 0 Å². The Morgan fingerprint density at radius 1 is 1.31 bits per heavy atom. The van der Waals surface area contributed by atoms with Crippen molar-refractivity contribution >= 4 is 5.69 Å². The molecule has 0 amide bonds. The molecule has 3 rings (SSSR count). The summed E-state index contributed by atoms with van der Waals surface area (Å²) < 4.78 is 0. The van der Waals surface area contributed by atoms with Gasteiger partial charge in [0.2, 0.25) is 0 Å². The largest absolute Gasteiger partial charge is 0.369 e. The van der Waals surface area contributed by atoms with Gasteiger partial charge in [-0.05, 0) is 25.0 Å². The number of aromatic nitrogens is 1. The fourth-order valence-corrected chi connectivity index (χ4v) is 2.48. The Morgan fingerprint density at radius 3 is 2.69 bits per heavy atom. The van der Waals surface area contributed by atoms with Gasteiger partial charge in [0.05, 0.1) is 11.9 Å².